The second-order valence-electron chi connectivity index (χ2n) is 3.66. The van der Waals surface area contributed by atoms with E-state index in [1.54, 1.807) is 0 Å². The SMILES string of the molecule is CCCCCC(=O)CC(=O)OC(=O)C(O)CO. The van der Waals surface area contributed by atoms with Crippen molar-refractivity contribution in [3.63, 3.8) is 0 Å². The first-order chi connectivity index (χ1) is 8.01. The molecule has 0 amide bonds. The first-order valence-electron chi connectivity index (χ1n) is 5.56. The van der Waals surface area contributed by atoms with E-state index < -0.39 is 31.1 Å². The molecule has 98 valence electrons. The molecule has 0 radical (unpaired) electrons. The highest BCUT2D eigenvalue weighted by atomic mass is 16.6. The second kappa shape index (κ2) is 8.83. The van der Waals surface area contributed by atoms with Gasteiger partial charge in [0.25, 0.3) is 0 Å². The summed E-state index contributed by atoms with van der Waals surface area (Å²) in [5, 5.41) is 17.2. The molecule has 6 heteroatoms. The lowest BCUT2D eigenvalue weighted by Gasteiger charge is -2.05. The van der Waals surface area contributed by atoms with Gasteiger partial charge in [-0.05, 0) is 6.42 Å². The molecule has 2 N–H and O–H groups in total. The minimum atomic E-state index is -1.74. The summed E-state index contributed by atoms with van der Waals surface area (Å²) in [6.07, 6.45) is 0.638. The van der Waals surface area contributed by atoms with Gasteiger partial charge in [0.2, 0.25) is 0 Å². The molecule has 0 fully saturated rings. The Balaban J connectivity index is 3.85. The molecular weight excluding hydrogens is 228 g/mol. The van der Waals surface area contributed by atoms with Gasteiger partial charge in [0.15, 0.2) is 6.10 Å². The average Bonchev–Trinajstić information content (AvgIpc) is 2.27. The van der Waals surface area contributed by atoms with E-state index in [0.29, 0.717) is 6.42 Å². The number of esters is 2. The zero-order valence-electron chi connectivity index (χ0n) is 9.85. The number of hydrogen-bond acceptors (Lipinski definition) is 6. The normalized spacial score (nSPS) is 11.9. The molecule has 0 aliphatic heterocycles. The maximum absolute atomic E-state index is 11.2. The summed E-state index contributed by atoms with van der Waals surface area (Å²) in [5.74, 6) is -2.53. The minimum absolute atomic E-state index is 0.277. The van der Waals surface area contributed by atoms with Crippen molar-refractivity contribution in [2.45, 2.75) is 45.1 Å². The molecule has 6 nitrogen and oxygen atoms in total. The summed E-state index contributed by atoms with van der Waals surface area (Å²) in [6.45, 7) is 1.17. The Bertz CT molecular complexity index is 273. The van der Waals surface area contributed by atoms with Crippen molar-refractivity contribution < 1.29 is 29.3 Å². The van der Waals surface area contributed by atoms with Crippen LogP contribution in [0, 0.1) is 0 Å². The van der Waals surface area contributed by atoms with E-state index in [9.17, 15) is 14.4 Å². The molecule has 1 atom stereocenters. The monoisotopic (exact) mass is 246 g/mol. The van der Waals surface area contributed by atoms with Crippen LogP contribution in [-0.4, -0.2) is 40.6 Å². The van der Waals surface area contributed by atoms with Gasteiger partial charge < -0.3 is 14.9 Å². The minimum Gasteiger partial charge on any atom is -0.393 e. The van der Waals surface area contributed by atoms with Crippen molar-refractivity contribution >= 4 is 17.7 Å². The van der Waals surface area contributed by atoms with Gasteiger partial charge in [0, 0.05) is 6.42 Å². The lowest BCUT2D eigenvalue weighted by molar-refractivity contribution is -0.167. The lowest BCUT2D eigenvalue weighted by Crippen LogP contribution is -2.29. The number of carbonyl (C=O) groups is 3. The summed E-state index contributed by atoms with van der Waals surface area (Å²) in [5.41, 5.74) is 0. The zero-order valence-corrected chi connectivity index (χ0v) is 9.85. The quantitative estimate of drug-likeness (QED) is 0.354. The average molecular weight is 246 g/mol. The lowest BCUT2D eigenvalue weighted by atomic mass is 10.1. The molecule has 17 heavy (non-hydrogen) atoms. The molecule has 0 aromatic heterocycles. The molecule has 0 rings (SSSR count). The number of aliphatic hydroxyl groups is 2. The molecule has 0 aromatic carbocycles. The molecule has 1 unspecified atom stereocenters. The second-order valence-corrected chi connectivity index (χ2v) is 3.66. The standard InChI is InChI=1S/C11H18O6/c1-2-3-4-5-8(13)6-10(15)17-11(16)9(14)7-12/h9,12,14H,2-7H2,1H3. The van der Waals surface area contributed by atoms with Crippen LogP contribution in [0.25, 0.3) is 0 Å². The van der Waals surface area contributed by atoms with Crippen molar-refractivity contribution in [1.29, 1.82) is 0 Å². The Morgan fingerprint density at radius 1 is 1.24 bits per heavy atom. The highest BCUT2D eigenvalue weighted by Crippen LogP contribution is 2.03. The molecule has 0 saturated carbocycles. The highest BCUT2D eigenvalue weighted by molar-refractivity contribution is 5.99. The maximum Gasteiger partial charge on any atom is 0.345 e. The molecule has 0 aliphatic rings. The van der Waals surface area contributed by atoms with Crippen LogP contribution in [0.1, 0.15) is 39.0 Å². The fourth-order valence-corrected chi connectivity index (χ4v) is 1.11. The van der Waals surface area contributed by atoms with Crippen molar-refractivity contribution in [1.82, 2.24) is 0 Å². The fraction of sp³-hybridized carbons (Fsp3) is 0.727. The largest absolute Gasteiger partial charge is 0.393 e. The number of carbonyl (C=O) groups excluding carboxylic acids is 3. The van der Waals surface area contributed by atoms with Gasteiger partial charge >= 0.3 is 11.9 Å². The first kappa shape index (κ1) is 15.7. The van der Waals surface area contributed by atoms with Crippen LogP contribution in [-0.2, 0) is 19.1 Å². The molecule has 0 aliphatic carbocycles. The number of Topliss-reactive ketones (excluding diaryl/α,β-unsaturated/α-hetero) is 1. The van der Waals surface area contributed by atoms with Gasteiger partial charge in [-0.15, -0.1) is 0 Å². The zero-order chi connectivity index (χ0) is 13.3. The van der Waals surface area contributed by atoms with Crippen LogP contribution < -0.4 is 0 Å². The topological polar surface area (TPSA) is 101 Å². The van der Waals surface area contributed by atoms with E-state index >= 15 is 0 Å². The molecule has 0 saturated heterocycles. The summed E-state index contributed by atoms with van der Waals surface area (Å²) in [4.78, 5) is 33.1. The molecule has 0 heterocycles. The third-order valence-corrected chi connectivity index (χ3v) is 2.06. The molecule has 0 bridgehead atoms. The van der Waals surface area contributed by atoms with Crippen molar-refractivity contribution in [2.75, 3.05) is 6.61 Å². The summed E-state index contributed by atoms with van der Waals surface area (Å²) in [6, 6.07) is 0. The Morgan fingerprint density at radius 2 is 1.88 bits per heavy atom. The third-order valence-electron chi connectivity index (χ3n) is 2.06. The van der Waals surface area contributed by atoms with Gasteiger partial charge in [-0.3, -0.25) is 9.59 Å². The van der Waals surface area contributed by atoms with E-state index in [4.69, 9.17) is 10.2 Å². The summed E-state index contributed by atoms with van der Waals surface area (Å²) in [7, 11) is 0. The third kappa shape index (κ3) is 7.59. The van der Waals surface area contributed by atoms with E-state index in [-0.39, 0.29) is 12.2 Å². The van der Waals surface area contributed by atoms with Crippen LogP contribution in [0.2, 0.25) is 0 Å². The van der Waals surface area contributed by atoms with E-state index in [1.807, 2.05) is 6.92 Å². The van der Waals surface area contributed by atoms with Crippen molar-refractivity contribution in [3.05, 3.63) is 0 Å². The van der Waals surface area contributed by atoms with Gasteiger partial charge in [-0.25, -0.2) is 4.79 Å². The van der Waals surface area contributed by atoms with Crippen LogP contribution in [0.15, 0.2) is 0 Å². The number of rotatable bonds is 8. The smallest absolute Gasteiger partial charge is 0.345 e. The number of ketones is 1. The Hall–Kier alpha value is -1.27. The Labute approximate surface area is 99.6 Å². The van der Waals surface area contributed by atoms with Gasteiger partial charge in [0.1, 0.15) is 12.2 Å². The number of aliphatic hydroxyl groups excluding tert-OH is 2. The molecule has 0 spiro atoms. The Morgan fingerprint density at radius 3 is 2.41 bits per heavy atom. The van der Waals surface area contributed by atoms with Crippen molar-refractivity contribution in [2.24, 2.45) is 0 Å². The van der Waals surface area contributed by atoms with Gasteiger partial charge in [-0.1, -0.05) is 19.8 Å². The van der Waals surface area contributed by atoms with Gasteiger partial charge in [-0.2, -0.15) is 0 Å². The Kier molecular flexibility index (Phi) is 8.17. The van der Waals surface area contributed by atoms with Crippen molar-refractivity contribution in [3.8, 4) is 0 Å². The highest BCUT2D eigenvalue weighted by Gasteiger charge is 2.20. The summed E-state index contributed by atoms with van der Waals surface area (Å²) < 4.78 is 4.17. The van der Waals surface area contributed by atoms with Crippen LogP contribution in [0.3, 0.4) is 0 Å². The van der Waals surface area contributed by atoms with Crippen LogP contribution in [0.4, 0.5) is 0 Å². The summed E-state index contributed by atoms with van der Waals surface area (Å²) >= 11 is 0. The number of hydrogen-bond donors (Lipinski definition) is 2. The maximum atomic E-state index is 11.2. The number of ether oxygens (including phenoxy) is 1. The number of unbranched alkanes of at least 4 members (excludes halogenated alkanes) is 2. The predicted octanol–water partition coefficient (Wildman–Crippen LogP) is -0.0511. The first-order valence-corrected chi connectivity index (χ1v) is 5.56. The van der Waals surface area contributed by atoms with E-state index in [2.05, 4.69) is 4.74 Å². The fourth-order valence-electron chi connectivity index (χ4n) is 1.11. The predicted molar refractivity (Wildman–Crippen MR) is 58.0 cm³/mol. The molecule has 0 aromatic rings. The van der Waals surface area contributed by atoms with E-state index in [0.717, 1.165) is 12.8 Å². The van der Waals surface area contributed by atoms with Crippen LogP contribution in [0.5, 0.6) is 0 Å². The van der Waals surface area contributed by atoms with E-state index in [1.165, 1.54) is 0 Å². The van der Waals surface area contributed by atoms with Crippen LogP contribution >= 0.6 is 0 Å². The van der Waals surface area contributed by atoms with Gasteiger partial charge in [0.05, 0.1) is 6.61 Å². The molecular formula is C11H18O6.